The average Bonchev–Trinajstić information content (AvgIpc) is 2.87. The summed E-state index contributed by atoms with van der Waals surface area (Å²) in [5.74, 6) is -2.56. The smallest absolute Gasteiger partial charge is 0.405 e. The highest BCUT2D eigenvalue weighted by Gasteiger charge is 2.33. The van der Waals surface area contributed by atoms with Crippen LogP contribution in [0.4, 0.5) is 4.79 Å². The summed E-state index contributed by atoms with van der Waals surface area (Å²) >= 11 is 0. The fourth-order valence-electron chi connectivity index (χ4n) is 4.60. The molecule has 2 rings (SSSR count). The van der Waals surface area contributed by atoms with Crippen LogP contribution in [-0.4, -0.2) is 72.4 Å². The highest BCUT2D eigenvalue weighted by Crippen LogP contribution is 2.29. The monoisotopic (exact) mass is 546 g/mol. The van der Waals surface area contributed by atoms with Crippen molar-refractivity contribution in [3.05, 3.63) is 58.6 Å². The second-order valence-corrected chi connectivity index (χ2v) is 9.88. The van der Waals surface area contributed by atoms with Crippen LogP contribution < -0.4 is 11.1 Å². The molecule has 1 unspecified atom stereocenters. The van der Waals surface area contributed by atoms with Crippen LogP contribution in [-0.2, 0) is 28.6 Å². The lowest BCUT2D eigenvalue weighted by Gasteiger charge is -2.29. The molecule has 0 aromatic heterocycles. The summed E-state index contributed by atoms with van der Waals surface area (Å²) in [6.45, 7) is 6.70. The van der Waals surface area contributed by atoms with Crippen molar-refractivity contribution in [3.63, 3.8) is 0 Å². The van der Waals surface area contributed by atoms with Crippen LogP contribution in [0.2, 0.25) is 0 Å². The second-order valence-electron chi connectivity index (χ2n) is 9.88. The molecular formula is C28H38N2O9. The number of Topliss-reactive ketones (excluding diaryl/α,β-unsaturated/α-hetero) is 1. The molecule has 2 aliphatic rings. The third-order valence-corrected chi connectivity index (χ3v) is 6.69. The highest BCUT2D eigenvalue weighted by atomic mass is 16.6. The number of hydrogen-bond donors (Lipinski definition) is 4. The molecule has 0 aromatic rings. The van der Waals surface area contributed by atoms with E-state index in [4.69, 9.17) is 19.9 Å². The number of nitrogens with two attached hydrogens (primary N) is 1. The first-order chi connectivity index (χ1) is 18.3. The first-order valence-corrected chi connectivity index (χ1v) is 12.6. The number of ether oxygens (including phenoxy) is 3. The van der Waals surface area contributed by atoms with Crippen molar-refractivity contribution in [2.45, 2.75) is 65.0 Å². The van der Waals surface area contributed by atoms with E-state index in [0.717, 1.165) is 6.08 Å². The SMILES string of the molecule is COC1=C2C[C@@H](C)C[C@H](OC)[C@H](O)[C@@H](C)/C=C(\C)[C@H](OC(N)=O)C(O)/C=C\C=C(/C)C(=O)NC(=CC1=O)C2=O. The normalized spacial score (nSPS) is 33.2. The Bertz CT molecular complexity index is 1130. The molecular weight excluding hydrogens is 508 g/mol. The summed E-state index contributed by atoms with van der Waals surface area (Å²) in [5.41, 5.74) is 5.76. The fraction of sp³-hybridized carbons (Fsp3) is 0.500. The number of rotatable bonds is 3. The van der Waals surface area contributed by atoms with Crippen LogP contribution in [0.3, 0.4) is 0 Å². The van der Waals surface area contributed by atoms with Gasteiger partial charge >= 0.3 is 6.09 Å². The number of carbonyl (C=O) groups excluding carboxylic acids is 4. The van der Waals surface area contributed by atoms with E-state index in [-0.39, 0.29) is 34.9 Å². The van der Waals surface area contributed by atoms with Gasteiger partial charge < -0.3 is 35.5 Å². The Labute approximate surface area is 228 Å². The molecule has 0 saturated heterocycles. The van der Waals surface area contributed by atoms with Crippen molar-refractivity contribution in [1.82, 2.24) is 5.32 Å². The summed E-state index contributed by atoms with van der Waals surface area (Å²) in [6, 6.07) is 0. The van der Waals surface area contributed by atoms with E-state index in [2.05, 4.69) is 5.32 Å². The second kappa shape index (κ2) is 14.0. The van der Waals surface area contributed by atoms with Gasteiger partial charge in [0.1, 0.15) is 6.10 Å². The number of carbonyl (C=O) groups is 4. The molecule has 0 fully saturated rings. The molecule has 2 amide bonds. The number of aliphatic hydroxyl groups excluding tert-OH is 2. The van der Waals surface area contributed by atoms with Gasteiger partial charge in [0.2, 0.25) is 11.6 Å². The third-order valence-electron chi connectivity index (χ3n) is 6.69. The minimum atomic E-state index is -1.33. The summed E-state index contributed by atoms with van der Waals surface area (Å²) in [7, 11) is 2.75. The first kappa shape index (κ1) is 31.7. The molecule has 0 spiro atoms. The minimum absolute atomic E-state index is 0.0955. The number of hydrogen-bond acceptors (Lipinski definition) is 9. The van der Waals surface area contributed by atoms with Gasteiger partial charge in [-0.15, -0.1) is 0 Å². The van der Waals surface area contributed by atoms with Gasteiger partial charge in [-0.3, -0.25) is 14.4 Å². The lowest BCUT2D eigenvalue weighted by molar-refractivity contribution is -0.120. The first-order valence-electron chi connectivity index (χ1n) is 12.6. The van der Waals surface area contributed by atoms with Crippen molar-refractivity contribution >= 4 is 23.6 Å². The molecule has 39 heavy (non-hydrogen) atoms. The van der Waals surface area contributed by atoms with Gasteiger partial charge in [-0.1, -0.05) is 38.2 Å². The van der Waals surface area contributed by atoms with Crippen molar-refractivity contribution < 1.29 is 43.6 Å². The van der Waals surface area contributed by atoms with Crippen molar-refractivity contribution in [2.24, 2.45) is 17.6 Å². The molecule has 2 bridgehead atoms. The number of fused-ring (bicyclic) bond motifs is 2. The Hall–Kier alpha value is -3.54. The van der Waals surface area contributed by atoms with Gasteiger partial charge in [0.05, 0.1) is 25.0 Å². The molecule has 214 valence electrons. The molecule has 0 radical (unpaired) electrons. The van der Waals surface area contributed by atoms with Crippen LogP contribution >= 0.6 is 0 Å². The molecule has 6 atom stereocenters. The van der Waals surface area contributed by atoms with Crippen LogP contribution in [0.5, 0.6) is 0 Å². The predicted molar refractivity (Wildman–Crippen MR) is 142 cm³/mol. The Morgan fingerprint density at radius 2 is 1.79 bits per heavy atom. The van der Waals surface area contributed by atoms with E-state index in [9.17, 15) is 29.4 Å². The number of ketones is 2. The van der Waals surface area contributed by atoms with E-state index in [1.165, 1.54) is 39.4 Å². The van der Waals surface area contributed by atoms with Crippen molar-refractivity contribution in [3.8, 4) is 0 Å². The van der Waals surface area contributed by atoms with E-state index in [1.54, 1.807) is 19.9 Å². The lowest BCUT2D eigenvalue weighted by atomic mass is 9.85. The Balaban J connectivity index is 2.57. The predicted octanol–water partition coefficient (Wildman–Crippen LogP) is 1.75. The number of allylic oxidation sites excluding steroid dienone is 4. The quantitative estimate of drug-likeness (QED) is 0.304. The topological polar surface area (TPSA) is 174 Å². The third kappa shape index (κ3) is 8.22. The molecule has 0 aromatic carbocycles. The lowest BCUT2D eigenvalue weighted by Crippen LogP contribution is -2.37. The molecule has 5 N–H and O–H groups in total. The molecule has 1 heterocycles. The molecule has 11 nitrogen and oxygen atoms in total. The minimum Gasteiger partial charge on any atom is -0.492 e. The van der Waals surface area contributed by atoms with Gasteiger partial charge in [0, 0.05) is 30.2 Å². The van der Waals surface area contributed by atoms with E-state index < -0.39 is 53.9 Å². The summed E-state index contributed by atoms with van der Waals surface area (Å²) in [5, 5.41) is 24.2. The molecule has 1 aliphatic heterocycles. The Kier molecular flexibility index (Phi) is 11.4. The summed E-state index contributed by atoms with van der Waals surface area (Å²) < 4.78 is 15.9. The van der Waals surface area contributed by atoms with Crippen LogP contribution in [0.25, 0.3) is 0 Å². The fourth-order valence-corrected chi connectivity index (χ4v) is 4.60. The molecule has 11 heteroatoms. The van der Waals surface area contributed by atoms with Gasteiger partial charge in [0.15, 0.2) is 11.9 Å². The van der Waals surface area contributed by atoms with Gasteiger partial charge in [-0.25, -0.2) is 4.79 Å². The number of primary amides is 1. The van der Waals surface area contributed by atoms with Gasteiger partial charge in [-0.2, -0.15) is 0 Å². The maximum absolute atomic E-state index is 13.3. The zero-order valence-corrected chi connectivity index (χ0v) is 23.1. The largest absolute Gasteiger partial charge is 0.492 e. The van der Waals surface area contributed by atoms with E-state index in [0.29, 0.717) is 12.0 Å². The summed E-state index contributed by atoms with van der Waals surface area (Å²) in [4.78, 5) is 50.2. The summed E-state index contributed by atoms with van der Waals surface area (Å²) in [6.07, 6.45) is 1.96. The van der Waals surface area contributed by atoms with E-state index in [1.807, 2.05) is 6.92 Å². The van der Waals surface area contributed by atoms with Crippen LogP contribution in [0, 0.1) is 11.8 Å². The van der Waals surface area contributed by atoms with Gasteiger partial charge in [0.25, 0.3) is 5.91 Å². The Morgan fingerprint density at radius 3 is 2.38 bits per heavy atom. The van der Waals surface area contributed by atoms with Crippen LogP contribution in [0.1, 0.15) is 40.5 Å². The number of aliphatic hydroxyl groups is 2. The van der Waals surface area contributed by atoms with Crippen LogP contribution in [0.15, 0.2) is 58.6 Å². The number of nitrogens with one attached hydrogen (secondary N) is 1. The standard InChI is InChI=1S/C28H38N2O9/c1-14-10-18-24(34)19(13-21(32)26(18)38-6)30-27(35)15(2)8-7-9-20(31)25(39-28(29)36)17(4)12-16(3)23(33)22(11-14)37-5/h7-9,12-14,16,20,22-23,25,31,33H,10-11H2,1-6H3,(H2,29,36)(H,30,35)/b9-7-,15-8+,17-12+/t14-,16+,20?,22+,23-,25+/m1/s1. The Morgan fingerprint density at radius 1 is 1.13 bits per heavy atom. The maximum Gasteiger partial charge on any atom is 0.405 e. The number of amides is 2. The number of methoxy groups -OCH3 is 2. The van der Waals surface area contributed by atoms with Crippen molar-refractivity contribution in [2.75, 3.05) is 14.2 Å². The average molecular weight is 547 g/mol. The van der Waals surface area contributed by atoms with Gasteiger partial charge in [-0.05, 0) is 38.2 Å². The zero-order valence-electron chi connectivity index (χ0n) is 23.1. The zero-order chi connectivity index (χ0) is 29.4. The molecule has 0 saturated carbocycles. The van der Waals surface area contributed by atoms with E-state index >= 15 is 0 Å². The van der Waals surface area contributed by atoms with Crippen molar-refractivity contribution in [1.29, 1.82) is 0 Å². The maximum atomic E-state index is 13.3. The molecule has 1 aliphatic carbocycles. The highest BCUT2D eigenvalue weighted by molar-refractivity contribution is 6.23.